The molecule has 0 amide bonds. The predicted octanol–water partition coefficient (Wildman–Crippen LogP) is 4.05. The molecule has 0 radical (unpaired) electrons. The molecule has 0 fully saturated rings. The average molecular weight is 314 g/mol. The van der Waals surface area contributed by atoms with Crippen LogP contribution in [0.15, 0.2) is 12.2 Å². The summed E-state index contributed by atoms with van der Waals surface area (Å²) >= 11 is 0. The van der Waals surface area contributed by atoms with Crippen LogP contribution in [0.5, 0.6) is 0 Å². The molecule has 0 heterocycles. The Labute approximate surface area is 135 Å². The van der Waals surface area contributed by atoms with Crippen LogP contribution < -0.4 is 0 Å². The van der Waals surface area contributed by atoms with Crippen LogP contribution in [0.4, 0.5) is 0 Å². The van der Waals surface area contributed by atoms with E-state index in [4.69, 9.17) is 5.11 Å². The molecular weight excluding hydrogens is 280 g/mol. The van der Waals surface area contributed by atoms with Crippen LogP contribution in [0, 0.1) is 0 Å². The highest BCUT2D eigenvalue weighted by molar-refractivity contribution is 5.66. The van der Waals surface area contributed by atoms with Crippen molar-refractivity contribution in [3.63, 3.8) is 0 Å². The van der Waals surface area contributed by atoms with Crippen LogP contribution >= 0.6 is 0 Å². The van der Waals surface area contributed by atoms with E-state index in [2.05, 4.69) is 6.92 Å². The largest absolute Gasteiger partial charge is 0.481 e. The van der Waals surface area contributed by atoms with Crippen molar-refractivity contribution in [2.45, 2.75) is 96.2 Å². The summed E-state index contributed by atoms with van der Waals surface area (Å²) in [6, 6.07) is 0. The average Bonchev–Trinajstić information content (AvgIpc) is 2.48. The molecule has 0 spiro atoms. The summed E-state index contributed by atoms with van der Waals surface area (Å²) in [7, 11) is 0. The molecule has 0 aromatic rings. The Morgan fingerprint density at radius 1 is 0.818 bits per heavy atom. The number of rotatable bonds is 15. The molecule has 0 unspecified atom stereocenters. The van der Waals surface area contributed by atoms with Gasteiger partial charge in [-0.25, -0.2) is 0 Å². The molecule has 0 aromatic carbocycles. The predicted molar refractivity (Wildman–Crippen MR) is 89.9 cm³/mol. The van der Waals surface area contributed by atoms with Gasteiger partial charge in [0.1, 0.15) is 0 Å². The minimum absolute atomic E-state index is 0.229. The summed E-state index contributed by atoms with van der Waals surface area (Å²) in [6.45, 7) is 2.19. The van der Waals surface area contributed by atoms with E-state index in [-0.39, 0.29) is 6.42 Å². The first-order valence-electron chi connectivity index (χ1n) is 8.82. The molecular formula is C18H34O4. The third-order valence-electron chi connectivity index (χ3n) is 3.80. The SMILES string of the molecule is CCCCCCC[C@H](O)/C=C\[C@H](O)CCCCCCC(=O)O. The lowest BCUT2D eigenvalue weighted by molar-refractivity contribution is -0.137. The maximum Gasteiger partial charge on any atom is 0.303 e. The summed E-state index contributed by atoms with van der Waals surface area (Å²) in [5, 5.41) is 28.1. The molecule has 4 heteroatoms. The highest BCUT2D eigenvalue weighted by atomic mass is 16.4. The smallest absolute Gasteiger partial charge is 0.303 e. The highest BCUT2D eigenvalue weighted by Gasteiger charge is 2.03. The second-order valence-corrected chi connectivity index (χ2v) is 6.07. The van der Waals surface area contributed by atoms with Crippen molar-refractivity contribution < 1.29 is 20.1 Å². The maximum atomic E-state index is 10.3. The van der Waals surface area contributed by atoms with Crippen molar-refractivity contribution in [3.05, 3.63) is 12.2 Å². The molecule has 4 nitrogen and oxygen atoms in total. The van der Waals surface area contributed by atoms with Gasteiger partial charge in [-0.3, -0.25) is 4.79 Å². The minimum atomic E-state index is -0.744. The van der Waals surface area contributed by atoms with E-state index < -0.39 is 18.2 Å². The minimum Gasteiger partial charge on any atom is -0.481 e. The lowest BCUT2D eigenvalue weighted by Gasteiger charge is -2.08. The molecule has 0 aliphatic heterocycles. The van der Waals surface area contributed by atoms with Gasteiger partial charge in [-0.15, -0.1) is 0 Å². The number of hydrogen-bond acceptors (Lipinski definition) is 3. The van der Waals surface area contributed by atoms with Crippen molar-refractivity contribution in [1.29, 1.82) is 0 Å². The number of aliphatic hydroxyl groups is 2. The molecule has 2 atom stereocenters. The van der Waals surface area contributed by atoms with Gasteiger partial charge >= 0.3 is 5.97 Å². The van der Waals surface area contributed by atoms with Crippen LogP contribution in [0.1, 0.15) is 84.0 Å². The Hall–Kier alpha value is -0.870. The van der Waals surface area contributed by atoms with Gasteiger partial charge in [0.05, 0.1) is 12.2 Å². The Kier molecular flexibility index (Phi) is 14.4. The van der Waals surface area contributed by atoms with E-state index >= 15 is 0 Å². The molecule has 0 bridgehead atoms. The van der Waals surface area contributed by atoms with Crippen LogP contribution in [0.3, 0.4) is 0 Å². The lowest BCUT2D eigenvalue weighted by Crippen LogP contribution is -2.06. The molecule has 0 saturated carbocycles. The molecule has 22 heavy (non-hydrogen) atoms. The van der Waals surface area contributed by atoms with Crippen LogP contribution in [0.25, 0.3) is 0 Å². The molecule has 0 rings (SSSR count). The first kappa shape index (κ1) is 21.1. The summed E-state index contributed by atoms with van der Waals surface area (Å²) in [6.07, 6.45) is 13.4. The molecule has 0 aromatic heterocycles. The Balaban J connectivity index is 3.51. The fraction of sp³-hybridized carbons (Fsp3) is 0.833. The number of hydrogen-bond donors (Lipinski definition) is 3. The summed E-state index contributed by atoms with van der Waals surface area (Å²) in [5.74, 6) is -0.744. The van der Waals surface area contributed by atoms with Gasteiger partial charge in [0.25, 0.3) is 0 Å². The van der Waals surface area contributed by atoms with Gasteiger partial charge in [0.2, 0.25) is 0 Å². The maximum absolute atomic E-state index is 10.3. The zero-order valence-corrected chi connectivity index (χ0v) is 14.0. The van der Waals surface area contributed by atoms with Gasteiger partial charge in [-0.1, -0.05) is 70.4 Å². The number of carboxylic acid groups (broad SMARTS) is 1. The molecule has 130 valence electrons. The second kappa shape index (κ2) is 15.0. The Bertz CT molecular complexity index is 289. The number of carbonyl (C=O) groups is 1. The van der Waals surface area contributed by atoms with Gasteiger partial charge in [-0.05, 0) is 19.3 Å². The zero-order valence-electron chi connectivity index (χ0n) is 14.0. The van der Waals surface area contributed by atoms with Crippen LogP contribution in [0.2, 0.25) is 0 Å². The van der Waals surface area contributed by atoms with E-state index in [1.54, 1.807) is 12.2 Å². The third-order valence-corrected chi connectivity index (χ3v) is 3.80. The molecule has 0 saturated heterocycles. The van der Waals surface area contributed by atoms with E-state index in [0.717, 1.165) is 38.5 Å². The van der Waals surface area contributed by atoms with Gasteiger partial charge in [0, 0.05) is 6.42 Å². The quantitative estimate of drug-likeness (QED) is 0.315. The number of aliphatic carboxylic acids is 1. The van der Waals surface area contributed by atoms with Crippen LogP contribution in [-0.4, -0.2) is 33.5 Å². The lowest BCUT2D eigenvalue weighted by atomic mass is 10.1. The highest BCUT2D eigenvalue weighted by Crippen LogP contribution is 2.10. The summed E-state index contributed by atoms with van der Waals surface area (Å²) in [4.78, 5) is 10.3. The number of aliphatic hydroxyl groups excluding tert-OH is 2. The van der Waals surface area contributed by atoms with E-state index in [1.165, 1.54) is 19.3 Å². The van der Waals surface area contributed by atoms with Gasteiger partial charge in [0.15, 0.2) is 0 Å². The first-order chi connectivity index (χ1) is 10.6. The Morgan fingerprint density at radius 2 is 1.27 bits per heavy atom. The van der Waals surface area contributed by atoms with E-state index in [1.807, 2.05) is 0 Å². The molecule has 0 aliphatic carbocycles. The molecule has 0 aliphatic rings. The normalized spacial score (nSPS) is 14.3. The summed E-state index contributed by atoms with van der Waals surface area (Å²) < 4.78 is 0. The van der Waals surface area contributed by atoms with Crippen molar-refractivity contribution in [2.24, 2.45) is 0 Å². The summed E-state index contributed by atoms with van der Waals surface area (Å²) in [5.41, 5.74) is 0. The van der Waals surface area contributed by atoms with E-state index in [0.29, 0.717) is 12.8 Å². The van der Waals surface area contributed by atoms with Crippen molar-refractivity contribution >= 4 is 5.97 Å². The molecule has 3 N–H and O–H groups in total. The van der Waals surface area contributed by atoms with Crippen molar-refractivity contribution in [1.82, 2.24) is 0 Å². The standard InChI is InChI=1S/C18H34O4/c1-2-3-4-5-8-11-16(19)14-15-17(20)12-9-6-7-10-13-18(21)22/h14-17,19-20H,2-13H2,1H3,(H,21,22)/b15-14-/t16-,17+/m0/s1. The number of unbranched alkanes of at least 4 members (excludes halogenated alkanes) is 7. The van der Waals surface area contributed by atoms with Crippen molar-refractivity contribution in [2.75, 3.05) is 0 Å². The Morgan fingerprint density at radius 3 is 1.73 bits per heavy atom. The van der Waals surface area contributed by atoms with Gasteiger partial charge < -0.3 is 15.3 Å². The first-order valence-corrected chi connectivity index (χ1v) is 8.82. The number of carboxylic acids is 1. The zero-order chi connectivity index (χ0) is 16.6. The second-order valence-electron chi connectivity index (χ2n) is 6.07. The van der Waals surface area contributed by atoms with E-state index in [9.17, 15) is 15.0 Å². The van der Waals surface area contributed by atoms with Crippen molar-refractivity contribution in [3.8, 4) is 0 Å². The monoisotopic (exact) mass is 314 g/mol. The van der Waals surface area contributed by atoms with Gasteiger partial charge in [-0.2, -0.15) is 0 Å². The fourth-order valence-corrected chi connectivity index (χ4v) is 2.39. The third kappa shape index (κ3) is 15.5. The fourth-order valence-electron chi connectivity index (χ4n) is 2.39. The van der Waals surface area contributed by atoms with Crippen LogP contribution in [-0.2, 0) is 4.79 Å². The topological polar surface area (TPSA) is 77.8 Å².